The molecule has 3 atom stereocenters. The van der Waals surface area contributed by atoms with E-state index in [1.54, 1.807) is 31.2 Å². The van der Waals surface area contributed by atoms with Crippen molar-refractivity contribution in [3.63, 3.8) is 0 Å². The number of ether oxygens (including phenoxy) is 2. The van der Waals surface area contributed by atoms with Crippen LogP contribution in [0.4, 0.5) is 0 Å². The monoisotopic (exact) mass is 512 g/mol. The first kappa shape index (κ1) is 26.8. The van der Waals surface area contributed by atoms with Crippen LogP contribution >= 0.6 is 0 Å². The lowest BCUT2D eigenvalue weighted by molar-refractivity contribution is -0.234. The lowest BCUT2D eigenvalue weighted by Gasteiger charge is -2.28. The highest BCUT2D eigenvalue weighted by Crippen LogP contribution is 2.24. The third-order valence-electron chi connectivity index (χ3n) is 5.40. The second-order valence-corrected chi connectivity index (χ2v) is 11.8. The van der Waals surface area contributed by atoms with E-state index in [1.807, 2.05) is 13.8 Å². The van der Waals surface area contributed by atoms with Crippen molar-refractivity contribution in [1.82, 2.24) is 0 Å². The van der Waals surface area contributed by atoms with Gasteiger partial charge in [-0.1, -0.05) is 42.3 Å². The Morgan fingerprint density at radius 1 is 0.882 bits per heavy atom. The fourth-order valence-corrected chi connectivity index (χ4v) is 5.39. The van der Waals surface area contributed by atoms with E-state index in [2.05, 4.69) is 0 Å². The predicted octanol–water partition coefficient (Wildman–Crippen LogP) is 4.31. The van der Waals surface area contributed by atoms with Gasteiger partial charge in [0, 0.05) is 13.0 Å². The average Bonchev–Trinajstić information content (AvgIpc) is 2.79. The predicted molar refractivity (Wildman–Crippen MR) is 126 cm³/mol. The van der Waals surface area contributed by atoms with Crippen LogP contribution in [0.1, 0.15) is 43.7 Å². The molecule has 1 fully saturated rings. The largest absolute Gasteiger partial charge is 0.353 e. The first-order valence-electron chi connectivity index (χ1n) is 11.3. The van der Waals surface area contributed by atoms with Crippen LogP contribution in [-0.4, -0.2) is 42.6 Å². The zero-order valence-corrected chi connectivity index (χ0v) is 21.3. The molecule has 3 rings (SSSR count). The van der Waals surface area contributed by atoms with Gasteiger partial charge in [0.15, 0.2) is 12.6 Å². The van der Waals surface area contributed by atoms with Crippen molar-refractivity contribution in [2.75, 3.05) is 13.2 Å². The summed E-state index contributed by atoms with van der Waals surface area (Å²) in [4.78, 5) is 0.0778. The molecule has 2 aromatic carbocycles. The van der Waals surface area contributed by atoms with Crippen LogP contribution in [0.3, 0.4) is 0 Å². The molecule has 1 aliphatic rings. The first-order chi connectivity index (χ1) is 16.0. The molecule has 10 heteroatoms. The Bertz CT molecular complexity index is 1120. The van der Waals surface area contributed by atoms with Crippen molar-refractivity contribution in [3.8, 4) is 0 Å². The van der Waals surface area contributed by atoms with Gasteiger partial charge in [0.25, 0.3) is 20.2 Å². The van der Waals surface area contributed by atoms with Crippen molar-refractivity contribution in [3.05, 3.63) is 59.7 Å². The fourth-order valence-electron chi connectivity index (χ4n) is 3.38. The van der Waals surface area contributed by atoms with Gasteiger partial charge >= 0.3 is 0 Å². The molecule has 0 amide bonds. The van der Waals surface area contributed by atoms with Gasteiger partial charge in [-0.2, -0.15) is 16.8 Å². The highest BCUT2D eigenvalue weighted by Gasteiger charge is 2.29. The molecule has 0 saturated carbocycles. The van der Waals surface area contributed by atoms with Gasteiger partial charge in [0.2, 0.25) is 0 Å². The maximum atomic E-state index is 12.8. The minimum atomic E-state index is -4.10. The summed E-state index contributed by atoms with van der Waals surface area (Å²) in [7, 11) is -8.04. The first-order valence-corrected chi connectivity index (χ1v) is 14.1. The Labute approximate surface area is 202 Å². The van der Waals surface area contributed by atoms with Crippen molar-refractivity contribution < 1.29 is 34.7 Å². The summed E-state index contributed by atoms with van der Waals surface area (Å²) in [5, 5.41) is 0. The summed E-state index contributed by atoms with van der Waals surface area (Å²) in [6.45, 7) is 5.83. The SMILES string of the molecule is Cc1ccc(S(=O)(=O)OC[C@H](C)C[C@H](OC2CCCCO2)OS(=O)(=O)c2ccc(C)cc2)cc1. The Kier molecular flexibility index (Phi) is 9.25. The van der Waals surface area contributed by atoms with Crippen LogP contribution in [0, 0.1) is 19.8 Å². The third kappa shape index (κ3) is 7.86. The molecule has 0 bridgehead atoms. The fraction of sp³-hybridized carbons (Fsp3) is 0.500. The Morgan fingerprint density at radius 3 is 1.97 bits per heavy atom. The third-order valence-corrected chi connectivity index (χ3v) is 8.01. The molecule has 0 spiro atoms. The lowest BCUT2D eigenvalue weighted by atomic mass is 10.1. The summed E-state index contributed by atoms with van der Waals surface area (Å²) in [5.41, 5.74) is 1.85. The standard InChI is InChI=1S/C24H32O8S2/c1-18-7-11-21(12-8-18)33(25,26)30-17-20(3)16-24(31-23-6-4-5-15-29-23)32-34(27,28)22-13-9-19(2)10-14-22/h7-14,20,23-24H,4-6,15-17H2,1-3H3/t20-,23?,24-/m1/s1. The number of hydrogen-bond acceptors (Lipinski definition) is 8. The van der Waals surface area contributed by atoms with E-state index < -0.39 is 32.8 Å². The Hall–Kier alpha value is -1.82. The van der Waals surface area contributed by atoms with Gasteiger partial charge in [-0.25, -0.2) is 4.18 Å². The summed E-state index contributed by atoms with van der Waals surface area (Å²) >= 11 is 0. The molecule has 1 unspecified atom stereocenters. The van der Waals surface area contributed by atoms with Crippen LogP contribution in [0.15, 0.2) is 58.3 Å². The minimum Gasteiger partial charge on any atom is -0.353 e. The van der Waals surface area contributed by atoms with Crippen LogP contribution < -0.4 is 0 Å². The van der Waals surface area contributed by atoms with Gasteiger partial charge < -0.3 is 9.47 Å². The highest BCUT2D eigenvalue weighted by molar-refractivity contribution is 7.87. The number of hydrogen-bond donors (Lipinski definition) is 0. The van der Waals surface area contributed by atoms with Crippen molar-refractivity contribution in [2.45, 2.75) is 68.8 Å². The van der Waals surface area contributed by atoms with E-state index in [0.29, 0.717) is 13.0 Å². The maximum Gasteiger partial charge on any atom is 0.299 e. The lowest BCUT2D eigenvalue weighted by Crippen LogP contribution is -2.33. The maximum absolute atomic E-state index is 12.8. The average molecular weight is 513 g/mol. The van der Waals surface area contributed by atoms with Crippen LogP contribution in [-0.2, 0) is 38.1 Å². The van der Waals surface area contributed by atoms with E-state index >= 15 is 0 Å². The van der Waals surface area contributed by atoms with E-state index in [9.17, 15) is 16.8 Å². The topological polar surface area (TPSA) is 105 Å². The van der Waals surface area contributed by atoms with Crippen LogP contribution in [0.5, 0.6) is 0 Å². The Morgan fingerprint density at radius 2 is 1.44 bits per heavy atom. The summed E-state index contributed by atoms with van der Waals surface area (Å²) < 4.78 is 72.7. The minimum absolute atomic E-state index is 0.0158. The van der Waals surface area contributed by atoms with Crippen LogP contribution in [0.25, 0.3) is 0 Å². The molecule has 1 heterocycles. The van der Waals surface area contributed by atoms with Gasteiger partial charge in [-0.15, -0.1) is 0 Å². The normalized spacial score (nSPS) is 19.0. The molecular formula is C24H32O8S2. The van der Waals surface area contributed by atoms with Gasteiger partial charge in [0.05, 0.1) is 16.4 Å². The van der Waals surface area contributed by atoms with Gasteiger partial charge in [-0.05, 0) is 63.3 Å². The number of aryl methyl sites for hydroxylation is 2. The van der Waals surface area contributed by atoms with Crippen molar-refractivity contribution >= 4 is 20.2 Å². The second-order valence-electron chi connectivity index (χ2n) is 8.62. The molecule has 0 N–H and O–H groups in total. The van der Waals surface area contributed by atoms with Gasteiger partial charge in [-0.3, -0.25) is 4.18 Å². The molecule has 8 nitrogen and oxygen atoms in total. The summed E-state index contributed by atoms with van der Waals surface area (Å²) in [6.07, 6.45) is 0.779. The highest BCUT2D eigenvalue weighted by atomic mass is 32.2. The summed E-state index contributed by atoms with van der Waals surface area (Å²) in [5.74, 6) is -0.387. The van der Waals surface area contributed by atoms with E-state index in [4.69, 9.17) is 17.8 Å². The number of rotatable bonds is 11. The molecule has 188 valence electrons. The zero-order chi connectivity index (χ0) is 24.8. The second kappa shape index (κ2) is 11.7. The molecule has 0 aliphatic carbocycles. The molecule has 0 radical (unpaired) electrons. The zero-order valence-electron chi connectivity index (χ0n) is 19.7. The van der Waals surface area contributed by atoms with E-state index in [1.165, 1.54) is 24.3 Å². The molecule has 2 aromatic rings. The van der Waals surface area contributed by atoms with E-state index in [0.717, 1.165) is 24.0 Å². The van der Waals surface area contributed by atoms with Crippen LogP contribution in [0.2, 0.25) is 0 Å². The molecular weight excluding hydrogens is 480 g/mol. The van der Waals surface area contributed by atoms with Crippen molar-refractivity contribution in [1.29, 1.82) is 0 Å². The van der Waals surface area contributed by atoms with E-state index in [-0.39, 0.29) is 28.7 Å². The molecule has 0 aromatic heterocycles. The van der Waals surface area contributed by atoms with Crippen molar-refractivity contribution in [2.24, 2.45) is 5.92 Å². The quantitative estimate of drug-likeness (QED) is 0.324. The summed E-state index contributed by atoms with van der Waals surface area (Å²) in [6, 6.07) is 12.7. The Balaban J connectivity index is 1.67. The van der Waals surface area contributed by atoms with Gasteiger partial charge in [0.1, 0.15) is 0 Å². The number of benzene rings is 2. The smallest absolute Gasteiger partial charge is 0.299 e. The molecule has 1 saturated heterocycles. The molecule has 34 heavy (non-hydrogen) atoms. The molecule has 1 aliphatic heterocycles.